The van der Waals surface area contributed by atoms with Crippen molar-refractivity contribution in [3.05, 3.63) is 82.4 Å². The highest BCUT2D eigenvalue weighted by Crippen LogP contribution is 2.30. The minimum Gasteiger partial charge on any atom is -0.497 e. The smallest absolute Gasteiger partial charge is 0.271 e. The zero-order valence-electron chi connectivity index (χ0n) is 16.4. The van der Waals surface area contributed by atoms with Gasteiger partial charge < -0.3 is 15.8 Å². The molecule has 2 aromatic heterocycles. The summed E-state index contributed by atoms with van der Waals surface area (Å²) in [5, 5.41) is 12.5. The Labute approximate surface area is 188 Å². The number of hydrogen-bond donors (Lipinski definition) is 2. The van der Waals surface area contributed by atoms with Crippen LogP contribution in [0.15, 0.2) is 61.1 Å². The van der Waals surface area contributed by atoms with Crippen LogP contribution in [0.4, 0.5) is 11.4 Å². The van der Waals surface area contributed by atoms with Crippen LogP contribution < -0.4 is 15.8 Å². The number of anilines is 2. The van der Waals surface area contributed by atoms with Gasteiger partial charge in [0.1, 0.15) is 11.4 Å². The summed E-state index contributed by atoms with van der Waals surface area (Å²) >= 11 is 12.5. The zero-order valence-corrected chi connectivity index (χ0v) is 17.9. The van der Waals surface area contributed by atoms with Gasteiger partial charge in [0.05, 0.1) is 47.5 Å². The third-order valence-electron chi connectivity index (χ3n) is 4.53. The molecular weight excluding hydrogens is 439 g/mol. The maximum Gasteiger partial charge on any atom is 0.271 e. The highest BCUT2D eigenvalue weighted by molar-refractivity contribution is 6.37. The Balaban J connectivity index is 1.58. The monoisotopic (exact) mass is 456 g/mol. The fraction of sp³-hybridized carbons (Fsp3) is 0.0952. The number of methoxy groups -OCH3 is 1. The normalized spacial score (nSPS) is 10.8. The van der Waals surface area contributed by atoms with Crippen LogP contribution in [0.1, 0.15) is 16.1 Å². The first-order chi connectivity index (χ1) is 14.9. The standard InChI is InChI=1S/C21H18Cl2N6O2/c1-31-15-7-5-13(6-8-15)10-28-11-14(9-25-28)26-18-12-29(27-19(18)21(24)30)20-16(22)3-2-4-17(20)23/h2-9,11-12,26H,10H2,1H3,(H2,24,30). The number of carbonyl (C=O) groups excluding carboxylic acids is 1. The fourth-order valence-corrected chi connectivity index (χ4v) is 3.63. The predicted molar refractivity (Wildman–Crippen MR) is 120 cm³/mol. The van der Waals surface area contributed by atoms with Crippen LogP contribution >= 0.6 is 23.2 Å². The number of nitrogens with two attached hydrogens (primary N) is 1. The number of benzene rings is 2. The number of aromatic nitrogens is 4. The Bertz CT molecular complexity index is 1210. The van der Waals surface area contributed by atoms with Gasteiger partial charge in [0.2, 0.25) is 0 Å². The summed E-state index contributed by atoms with van der Waals surface area (Å²) in [5.41, 5.74) is 8.17. The molecule has 2 aromatic carbocycles. The van der Waals surface area contributed by atoms with E-state index in [-0.39, 0.29) is 5.69 Å². The molecule has 158 valence electrons. The van der Waals surface area contributed by atoms with Gasteiger partial charge >= 0.3 is 0 Å². The Morgan fingerprint density at radius 2 is 1.84 bits per heavy atom. The van der Waals surface area contributed by atoms with E-state index in [4.69, 9.17) is 33.7 Å². The number of para-hydroxylation sites is 1. The quantitative estimate of drug-likeness (QED) is 0.432. The summed E-state index contributed by atoms with van der Waals surface area (Å²) in [6, 6.07) is 12.8. The van der Waals surface area contributed by atoms with E-state index in [2.05, 4.69) is 15.5 Å². The molecule has 31 heavy (non-hydrogen) atoms. The molecule has 10 heteroatoms. The summed E-state index contributed by atoms with van der Waals surface area (Å²) in [5.74, 6) is 0.108. The van der Waals surface area contributed by atoms with Crippen molar-refractivity contribution in [1.29, 1.82) is 0 Å². The van der Waals surface area contributed by atoms with Gasteiger partial charge in [-0.15, -0.1) is 0 Å². The van der Waals surface area contributed by atoms with Crippen molar-refractivity contribution in [2.24, 2.45) is 5.73 Å². The number of hydrogen-bond acceptors (Lipinski definition) is 5. The molecule has 0 saturated carbocycles. The van der Waals surface area contributed by atoms with Crippen LogP contribution in [-0.2, 0) is 6.54 Å². The molecule has 0 atom stereocenters. The van der Waals surface area contributed by atoms with Crippen molar-refractivity contribution in [2.75, 3.05) is 12.4 Å². The van der Waals surface area contributed by atoms with Gasteiger partial charge in [-0.25, -0.2) is 4.68 Å². The number of carbonyl (C=O) groups is 1. The maximum atomic E-state index is 11.9. The largest absolute Gasteiger partial charge is 0.497 e. The van der Waals surface area contributed by atoms with Crippen molar-refractivity contribution in [3.8, 4) is 11.4 Å². The SMILES string of the molecule is COc1ccc(Cn2cc(Nc3cn(-c4c(Cl)cccc4Cl)nc3C(N)=O)cn2)cc1. The summed E-state index contributed by atoms with van der Waals surface area (Å²) in [6.07, 6.45) is 5.07. The van der Waals surface area contributed by atoms with Gasteiger partial charge in [-0.3, -0.25) is 9.48 Å². The first-order valence-corrected chi connectivity index (χ1v) is 9.96. The zero-order chi connectivity index (χ0) is 22.0. The lowest BCUT2D eigenvalue weighted by Gasteiger charge is -2.06. The van der Waals surface area contributed by atoms with Crippen molar-refractivity contribution >= 4 is 40.5 Å². The number of ether oxygens (including phenoxy) is 1. The first-order valence-electron chi connectivity index (χ1n) is 9.21. The van der Waals surface area contributed by atoms with Crippen molar-refractivity contribution < 1.29 is 9.53 Å². The molecule has 0 radical (unpaired) electrons. The topological polar surface area (TPSA) is 100.0 Å². The average Bonchev–Trinajstić information content (AvgIpc) is 3.36. The lowest BCUT2D eigenvalue weighted by atomic mass is 10.2. The second-order valence-electron chi connectivity index (χ2n) is 6.67. The average molecular weight is 457 g/mol. The number of nitrogens with one attached hydrogen (secondary N) is 1. The highest BCUT2D eigenvalue weighted by Gasteiger charge is 2.18. The fourth-order valence-electron chi connectivity index (χ4n) is 3.06. The molecule has 0 bridgehead atoms. The highest BCUT2D eigenvalue weighted by atomic mass is 35.5. The van der Waals surface area contributed by atoms with Crippen LogP contribution in [-0.4, -0.2) is 32.6 Å². The van der Waals surface area contributed by atoms with E-state index in [0.717, 1.165) is 11.3 Å². The minimum atomic E-state index is -0.685. The first kappa shape index (κ1) is 20.8. The van der Waals surface area contributed by atoms with Crippen molar-refractivity contribution in [3.63, 3.8) is 0 Å². The molecule has 0 spiro atoms. The second kappa shape index (κ2) is 8.71. The van der Waals surface area contributed by atoms with E-state index in [0.29, 0.717) is 33.7 Å². The Morgan fingerprint density at radius 3 is 2.48 bits per heavy atom. The number of rotatable bonds is 7. The molecule has 0 saturated heterocycles. The molecule has 0 unspecified atom stereocenters. The van der Waals surface area contributed by atoms with Crippen LogP contribution in [0.3, 0.4) is 0 Å². The molecule has 4 rings (SSSR count). The van der Waals surface area contributed by atoms with Gasteiger partial charge in [0.25, 0.3) is 5.91 Å². The molecule has 3 N–H and O–H groups in total. The van der Waals surface area contributed by atoms with Gasteiger partial charge in [-0.05, 0) is 29.8 Å². The lowest BCUT2D eigenvalue weighted by molar-refractivity contribution is 0.0996. The number of nitrogens with zero attached hydrogens (tertiary/aromatic N) is 4. The number of amides is 1. The molecule has 0 aliphatic rings. The number of primary amides is 1. The summed E-state index contributed by atoms with van der Waals surface area (Å²) in [4.78, 5) is 11.9. The Hall–Kier alpha value is -3.49. The van der Waals surface area contributed by atoms with Crippen LogP contribution in [0.2, 0.25) is 10.0 Å². The van der Waals surface area contributed by atoms with Crippen molar-refractivity contribution in [1.82, 2.24) is 19.6 Å². The van der Waals surface area contributed by atoms with Gasteiger partial charge in [0.15, 0.2) is 5.69 Å². The van der Waals surface area contributed by atoms with Crippen LogP contribution in [0.5, 0.6) is 5.75 Å². The molecule has 4 aromatic rings. The van der Waals surface area contributed by atoms with E-state index in [1.165, 1.54) is 4.68 Å². The molecular formula is C21H18Cl2N6O2. The Morgan fingerprint density at radius 1 is 1.13 bits per heavy atom. The van der Waals surface area contributed by atoms with E-state index in [1.54, 1.807) is 42.4 Å². The van der Waals surface area contributed by atoms with Crippen LogP contribution in [0, 0.1) is 0 Å². The maximum absolute atomic E-state index is 11.9. The Kier molecular flexibility index (Phi) is 5.83. The second-order valence-corrected chi connectivity index (χ2v) is 7.48. The van der Waals surface area contributed by atoms with Crippen molar-refractivity contribution in [2.45, 2.75) is 6.54 Å². The molecule has 0 fully saturated rings. The molecule has 2 heterocycles. The molecule has 1 amide bonds. The summed E-state index contributed by atoms with van der Waals surface area (Å²) in [7, 11) is 1.63. The predicted octanol–water partition coefficient (Wildman–Crippen LogP) is 4.28. The van der Waals surface area contributed by atoms with E-state index in [1.807, 2.05) is 30.5 Å². The van der Waals surface area contributed by atoms with E-state index >= 15 is 0 Å². The summed E-state index contributed by atoms with van der Waals surface area (Å²) in [6.45, 7) is 0.572. The third-order valence-corrected chi connectivity index (χ3v) is 5.14. The lowest BCUT2D eigenvalue weighted by Crippen LogP contribution is -2.14. The molecule has 8 nitrogen and oxygen atoms in total. The number of halogens is 2. The third kappa shape index (κ3) is 4.50. The van der Waals surface area contributed by atoms with Gasteiger partial charge in [-0.2, -0.15) is 10.2 Å². The molecule has 0 aliphatic carbocycles. The summed E-state index contributed by atoms with van der Waals surface area (Å²) < 4.78 is 8.37. The molecule has 0 aliphatic heterocycles. The minimum absolute atomic E-state index is 0.0545. The van der Waals surface area contributed by atoms with E-state index < -0.39 is 5.91 Å². The van der Waals surface area contributed by atoms with Gasteiger partial charge in [-0.1, -0.05) is 41.4 Å². The van der Waals surface area contributed by atoms with Gasteiger partial charge in [0, 0.05) is 6.20 Å². The van der Waals surface area contributed by atoms with E-state index in [9.17, 15) is 4.79 Å². The van der Waals surface area contributed by atoms with Crippen LogP contribution in [0.25, 0.3) is 5.69 Å².